The van der Waals surface area contributed by atoms with Gasteiger partial charge in [-0.1, -0.05) is 12.1 Å². The van der Waals surface area contributed by atoms with Crippen LogP contribution in [0.25, 0.3) is 0 Å². The van der Waals surface area contributed by atoms with E-state index in [1.54, 1.807) is 36.4 Å². The fourth-order valence-electron chi connectivity index (χ4n) is 1.70. The molecule has 0 spiro atoms. The smallest absolute Gasteiger partial charge is 0.261 e. The molecule has 106 valence electrons. The average molecular weight is 402 g/mol. The molecule has 4 nitrogen and oxygen atoms in total. The number of anilines is 2. The Morgan fingerprint density at radius 2 is 1.70 bits per heavy atom. The number of sulfonamides is 1. The molecule has 2 aromatic rings. The molecule has 0 atom stereocenters. The number of halogens is 1. The van der Waals surface area contributed by atoms with Crippen molar-refractivity contribution in [3.8, 4) is 0 Å². The normalized spacial score (nSPS) is 11.1. The second kappa shape index (κ2) is 6.45. The van der Waals surface area contributed by atoms with Crippen LogP contribution in [0.4, 0.5) is 11.4 Å². The minimum absolute atomic E-state index is 0.249. The molecule has 20 heavy (non-hydrogen) atoms. The number of rotatable bonds is 5. The highest BCUT2D eigenvalue weighted by molar-refractivity contribution is 14.1. The summed E-state index contributed by atoms with van der Waals surface area (Å²) in [5.74, 6) is 0. The van der Waals surface area contributed by atoms with Crippen molar-refractivity contribution in [2.45, 2.75) is 11.8 Å². The summed E-state index contributed by atoms with van der Waals surface area (Å²) in [4.78, 5) is 0.249. The van der Waals surface area contributed by atoms with E-state index in [-0.39, 0.29) is 4.90 Å². The topological polar surface area (TPSA) is 58.2 Å². The van der Waals surface area contributed by atoms with E-state index in [0.717, 1.165) is 15.8 Å². The van der Waals surface area contributed by atoms with E-state index in [9.17, 15) is 8.42 Å². The molecular weight excluding hydrogens is 387 g/mol. The quantitative estimate of drug-likeness (QED) is 0.753. The summed E-state index contributed by atoms with van der Waals surface area (Å²) in [6.45, 7) is 2.79. The number of hydrogen-bond acceptors (Lipinski definition) is 3. The molecular formula is C14H15IN2O2S. The Hall–Kier alpha value is -1.28. The van der Waals surface area contributed by atoms with E-state index in [2.05, 4.69) is 32.6 Å². The van der Waals surface area contributed by atoms with E-state index in [4.69, 9.17) is 0 Å². The van der Waals surface area contributed by atoms with Gasteiger partial charge >= 0.3 is 0 Å². The van der Waals surface area contributed by atoms with Gasteiger partial charge in [-0.2, -0.15) is 0 Å². The van der Waals surface area contributed by atoms with E-state index in [1.165, 1.54) is 0 Å². The van der Waals surface area contributed by atoms with E-state index in [1.807, 2.05) is 19.1 Å². The molecule has 2 aromatic carbocycles. The summed E-state index contributed by atoms with van der Waals surface area (Å²) in [7, 11) is -3.55. The zero-order chi connectivity index (χ0) is 14.6. The van der Waals surface area contributed by atoms with E-state index < -0.39 is 10.0 Å². The van der Waals surface area contributed by atoms with Gasteiger partial charge in [0, 0.05) is 15.8 Å². The second-order valence-electron chi connectivity index (χ2n) is 4.14. The Labute approximate surface area is 132 Å². The molecule has 0 aliphatic carbocycles. The fraction of sp³-hybridized carbons (Fsp3) is 0.143. The van der Waals surface area contributed by atoms with Gasteiger partial charge in [0.1, 0.15) is 0 Å². The number of nitrogens with one attached hydrogen (secondary N) is 2. The van der Waals surface area contributed by atoms with Gasteiger partial charge in [-0.05, 0) is 65.9 Å². The third kappa shape index (κ3) is 3.63. The molecule has 2 N–H and O–H groups in total. The average Bonchev–Trinajstić information content (AvgIpc) is 2.42. The minimum atomic E-state index is -3.55. The Morgan fingerprint density at radius 1 is 1.05 bits per heavy atom. The Bertz CT molecular complexity index is 685. The third-order valence-corrected chi connectivity index (χ3v) is 4.99. The first kappa shape index (κ1) is 15.1. The summed E-state index contributed by atoms with van der Waals surface area (Å²) >= 11 is 2.10. The van der Waals surface area contributed by atoms with Crippen LogP contribution in [0, 0.1) is 3.57 Å². The van der Waals surface area contributed by atoms with Crippen LogP contribution < -0.4 is 10.0 Å². The monoisotopic (exact) mass is 402 g/mol. The molecule has 0 unspecified atom stereocenters. The predicted molar refractivity (Wildman–Crippen MR) is 90.6 cm³/mol. The highest BCUT2D eigenvalue weighted by atomic mass is 127. The molecule has 0 heterocycles. The summed E-state index contributed by atoms with van der Waals surface area (Å²) in [6.07, 6.45) is 0. The highest BCUT2D eigenvalue weighted by Crippen LogP contribution is 2.22. The van der Waals surface area contributed by atoms with Gasteiger partial charge in [-0.15, -0.1) is 0 Å². The maximum Gasteiger partial charge on any atom is 0.261 e. The molecule has 0 saturated heterocycles. The van der Waals surface area contributed by atoms with Gasteiger partial charge in [0.25, 0.3) is 10.0 Å². The van der Waals surface area contributed by atoms with E-state index in [0.29, 0.717) is 5.69 Å². The van der Waals surface area contributed by atoms with Crippen molar-refractivity contribution in [2.24, 2.45) is 0 Å². The van der Waals surface area contributed by atoms with Crippen molar-refractivity contribution >= 4 is 44.0 Å². The van der Waals surface area contributed by atoms with Gasteiger partial charge < -0.3 is 5.32 Å². The number of para-hydroxylation sites is 1. The molecule has 0 bridgehead atoms. The van der Waals surface area contributed by atoms with Gasteiger partial charge in [-0.3, -0.25) is 4.72 Å². The lowest BCUT2D eigenvalue weighted by molar-refractivity contribution is 0.601. The lowest BCUT2D eigenvalue weighted by Gasteiger charge is -2.10. The molecule has 0 aliphatic heterocycles. The van der Waals surface area contributed by atoms with Crippen molar-refractivity contribution in [3.05, 3.63) is 52.1 Å². The lowest BCUT2D eigenvalue weighted by atomic mass is 10.3. The zero-order valence-corrected chi connectivity index (χ0v) is 13.9. The number of hydrogen-bond donors (Lipinski definition) is 2. The Kier molecular flexibility index (Phi) is 4.87. The first-order valence-corrected chi connectivity index (χ1v) is 8.70. The molecule has 0 aromatic heterocycles. The van der Waals surface area contributed by atoms with Crippen LogP contribution in [-0.4, -0.2) is 15.0 Å². The van der Waals surface area contributed by atoms with Crippen LogP contribution in [0.3, 0.4) is 0 Å². The number of benzene rings is 2. The van der Waals surface area contributed by atoms with Crippen LogP contribution in [-0.2, 0) is 10.0 Å². The van der Waals surface area contributed by atoms with Gasteiger partial charge in [0.2, 0.25) is 0 Å². The van der Waals surface area contributed by atoms with Crippen LogP contribution >= 0.6 is 22.6 Å². The lowest BCUT2D eigenvalue weighted by Crippen LogP contribution is -2.13. The standard InChI is InChI=1S/C14H15IN2O2S/c1-2-16-11-7-9-12(10-8-11)20(18,19)17-14-6-4-3-5-13(14)15/h3-10,16-17H,2H2,1H3. The summed E-state index contributed by atoms with van der Waals surface area (Å²) < 4.78 is 28.0. The van der Waals surface area contributed by atoms with Gasteiger partial charge in [-0.25, -0.2) is 8.42 Å². The molecule has 0 fully saturated rings. The van der Waals surface area contributed by atoms with Crippen molar-refractivity contribution in [2.75, 3.05) is 16.6 Å². The molecule has 0 amide bonds. The van der Waals surface area contributed by atoms with Crippen LogP contribution in [0.1, 0.15) is 6.92 Å². The Balaban J connectivity index is 2.24. The molecule has 0 saturated carbocycles. The highest BCUT2D eigenvalue weighted by Gasteiger charge is 2.15. The van der Waals surface area contributed by atoms with Gasteiger partial charge in [0.15, 0.2) is 0 Å². The largest absolute Gasteiger partial charge is 0.385 e. The zero-order valence-electron chi connectivity index (χ0n) is 10.9. The third-order valence-electron chi connectivity index (χ3n) is 2.66. The first-order valence-electron chi connectivity index (χ1n) is 6.14. The molecule has 0 aliphatic rings. The molecule has 0 radical (unpaired) electrons. The molecule has 2 rings (SSSR count). The summed E-state index contributed by atoms with van der Waals surface area (Å²) in [5.41, 5.74) is 1.49. The Morgan fingerprint density at radius 3 is 2.30 bits per heavy atom. The van der Waals surface area contributed by atoms with Crippen molar-refractivity contribution in [3.63, 3.8) is 0 Å². The van der Waals surface area contributed by atoms with Crippen LogP contribution in [0.15, 0.2) is 53.4 Å². The van der Waals surface area contributed by atoms with Gasteiger partial charge in [0.05, 0.1) is 10.6 Å². The maximum absolute atomic E-state index is 12.3. The predicted octanol–water partition coefficient (Wildman–Crippen LogP) is 3.52. The second-order valence-corrected chi connectivity index (χ2v) is 6.98. The minimum Gasteiger partial charge on any atom is -0.385 e. The SMILES string of the molecule is CCNc1ccc(S(=O)(=O)Nc2ccccc2I)cc1. The maximum atomic E-state index is 12.3. The van der Waals surface area contributed by atoms with E-state index >= 15 is 0 Å². The van der Waals surface area contributed by atoms with Crippen LogP contribution in [0.5, 0.6) is 0 Å². The fourth-order valence-corrected chi connectivity index (χ4v) is 3.49. The molecule has 6 heteroatoms. The van der Waals surface area contributed by atoms with Crippen molar-refractivity contribution in [1.29, 1.82) is 0 Å². The van der Waals surface area contributed by atoms with Crippen LogP contribution in [0.2, 0.25) is 0 Å². The summed E-state index contributed by atoms with van der Waals surface area (Å²) in [5, 5.41) is 3.13. The van der Waals surface area contributed by atoms with Crippen molar-refractivity contribution < 1.29 is 8.42 Å². The first-order chi connectivity index (χ1) is 9.53. The summed E-state index contributed by atoms with van der Waals surface area (Å²) in [6, 6.07) is 14.0. The van der Waals surface area contributed by atoms with Crippen molar-refractivity contribution in [1.82, 2.24) is 0 Å².